The van der Waals surface area contributed by atoms with E-state index in [1.54, 1.807) is 0 Å². The van der Waals surface area contributed by atoms with E-state index in [4.69, 9.17) is 0 Å². The van der Waals surface area contributed by atoms with Gasteiger partial charge in [-0.2, -0.15) is 4.31 Å². The lowest BCUT2D eigenvalue weighted by molar-refractivity contribution is 0.260. The van der Waals surface area contributed by atoms with E-state index >= 15 is 0 Å². The Morgan fingerprint density at radius 3 is 2.00 bits per heavy atom. The fourth-order valence-corrected chi connectivity index (χ4v) is 6.77. The van der Waals surface area contributed by atoms with Gasteiger partial charge in [0, 0.05) is 25.2 Å². The molecule has 0 aromatic carbocycles. The normalized spacial score (nSPS) is 34.2. The molecule has 1 N–H and O–H groups in total. The summed E-state index contributed by atoms with van der Waals surface area (Å²) in [6, 6.07) is 0.261. The quantitative estimate of drug-likeness (QED) is 0.749. The van der Waals surface area contributed by atoms with Crippen molar-refractivity contribution in [2.75, 3.05) is 24.6 Å². The third-order valence-electron chi connectivity index (χ3n) is 3.81. The first kappa shape index (κ1) is 15.2. The number of piperazine rings is 1. The summed E-state index contributed by atoms with van der Waals surface area (Å²) in [6.45, 7) is 4.86. The van der Waals surface area contributed by atoms with Gasteiger partial charge in [0.15, 0.2) is 0 Å². The lowest BCUT2D eigenvalue weighted by Crippen LogP contribution is -2.57. The van der Waals surface area contributed by atoms with Crippen LogP contribution in [-0.4, -0.2) is 63.1 Å². The summed E-state index contributed by atoms with van der Waals surface area (Å²) >= 11 is 0. The predicted octanol–water partition coefficient (Wildman–Crippen LogP) is -0.424. The number of sulfonamides is 1. The standard InChI is InChI=1S/C11H22N2O4S2/c1-9-7-13(8-10(2)12-9)19(16,17)11-3-5-18(14,15)6-4-11/h9-12H,3-8H2,1-2H3. The van der Waals surface area contributed by atoms with Gasteiger partial charge in [0.2, 0.25) is 10.0 Å². The SMILES string of the molecule is CC1CN(S(=O)(=O)C2CCS(=O)(=O)CC2)CC(C)N1. The minimum absolute atomic E-state index is 0.00586. The van der Waals surface area contributed by atoms with Gasteiger partial charge >= 0.3 is 0 Å². The van der Waals surface area contributed by atoms with Crippen molar-refractivity contribution in [3.63, 3.8) is 0 Å². The van der Waals surface area contributed by atoms with E-state index in [0.717, 1.165) is 0 Å². The van der Waals surface area contributed by atoms with E-state index in [1.165, 1.54) is 4.31 Å². The molecule has 0 spiro atoms. The molecule has 2 atom stereocenters. The zero-order valence-corrected chi connectivity index (χ0v) is 13.0. The summed E-state index contributed by atoms with van der Waals surface area (Å²) in [7, 11) is -6.40. The molecule has 2 rings (SSSR count). The third-order valence-corrected chi connectivity index (χ3v) is 7.85. The van der Waals surface area contributed by atoms with E-state index in [2.05, 4.69) is 5.32 Å². The van der Waals surface area contributed by atoms with E-state index in [1.807, 2.05) is 13.8 Å². The maximum absolute atomic E-state index is 12.5. The van der Waals surface area contributed by atoms with Crippen molar-refractivity contribution in [3.05, 3.63) is 0 Å². The summed E-state index contributed by atoms with van der Waals surface area (Å²) in [4.78, 5) is 0. The molecule has 0 aliphatic carbocycles. The van der Waals surface area contributed by atoms with Gasteiger partial charge < -0.3 is 5.32 Å². The Balaban J connectivity index is 2.10. The Bertz CT molecular complexity index is 505. The van der Waals surface area contributed by atoms with Crippen LogP contribution in [0.4, 0.5) is 0 Å². The van der Waals surface area contributed by atoms with Crippen molar-refractivity contribution in [2.45, 2.75) is 44.0 Å². The molecular formula is C11H22N2O4S2. The van der Waals surface area contributed by atoms with Crippen LogP contribution in [0.25, 0.3) is 0 Å². The molecule has 8 heteroatoms. The zero-order chi connectivity index (χ0) is 14.3. The van der Waals surface area contributed by atoms with Crippen molar-refractivity contribution in [1.82, 2.24) is 9.62 Å². The molecule has 2 aliphatic rings. The fourth-order valence-electron chi connectivity index (χ4n) is 2.86. The molecule has 6 nitrogen and oxygen atoms in total. The fraction of sp³-hybridized carbons (Fsp3) is 1.00. The van der Waals surface area contributed by atoms with Crippen LogP contribution >= 0.6 is 0 Å². The van der Waals surface area contributed by atoms with Crippen LogP contribution in [-0.2, 0) is 19.9 Å². The van der Waals surface area contributed by atoms with Gasteiger partial charge in [-0.25, -0.2) is 16.8 Å². The number of sulfone groups is 1. The van der Waals surface area contributed by atoms with Gasteiger partial charge in [-0.15, -0.1) is 0 Å². The van der Waals surface area contributed by atoms with E-state index < -0.39 is 25.1 Å². The Morgan fingerprint density at radius 2 is 1.53 bits per heavy atom. The molecule has 0 aromatic rings. The summed E-state index contributed by atoms with van der Waals surface area (Å²) in [6.07, 6.45) is 0.467. The van der Waals surface area contributed by atoms with Crippen LogP contribution in [0.15, 0.2) is 0 Å². The maximum atomic E-state index is 12.5. The topological polar surface area (TPSA) is 83.6 Å². The minimum atomic E-state index is -3.37. The zero-order valence-electron chi connectivity index (χ0n) is 11.4. The second kappa shape index (κ2) is 5.31. The van der Waals surface area contributed by atoms with Crippen LogP contribution in [0.2, 0.25) is 0 Å². The first-order valence-corrected chi connectivity index (χ1v) is 9.98. The number of rotatable bonds is 2. The third kappa shape index (κ3) is 3.48. The molecule has 112 valence electrons. The van der Waals surface area contributed by atoms with Crippen molar-refractivity contribution in [1.29, 1.82) is 0 Å². The van der Waals surface area contributed by atoms with Crippen LogP contribution in [0.3, 0.4) is 0 Å². The largest absolute Gasteiger partial charge is 0.309 e. The van der Waals surface area contributed by atoms with E-state index in [9.17, 15) is 16.8 Å². The molecule has 2 saturated heterocycles. The van der Waals surface area contributed by atoms with Gasteiger partial charge in [0.05, 0.1) is 16.8 Å². The van der Waals surface area contributed by atoms with Gasteiger partial charge in [0.25, 0.3) is 0 Å². The highest BCUT2D eigenvalue weighted by Gasteiger charge is 2.38. The number of hydrogen-bond acceptors (Lipinski definition) is 5. The Kier molecular flexibility index (Phi) is 4.25. The summed E-state index contributed by atoms with van der Waals surface area (Å²) in [5.41, 5.74) is 0. The average Bonchev–Trinajstić information content (AvgIpc) is 2.27. The minimum Gasteiger partial charge on any atom is -0.309 e. The predicted molar refractivity (Wildman–Crippen MR) is 74.2 cm³/mol. The van der Waals surface area contributed by atoms with Crippen molar-refractivity contribution >= 4 is 19.9 Å². The molecule has 0 saturated carbocycles. The summed E-state index contributed by atoms with van der Waals surface area (Å²) < 4.78 is 49.4. The summed E-state index contributed by atoms with van der Waals surface area (Å²) in [5.74, 6) is -0.0117. The molecule has 19 heavy (non-hydrogen) atoms. The lowest BCUT2D eigenvalue weighted by atomic mass is 10.2. The van der Waals surface area contributed by atoms with Crippen molar-refractivity contribution in [2.24, 2.45) is 0 Å². The molecule has 2 fully saturated rings. The highest BCUT2D eigenvalue weighted by Crippen LogP contribution is 2.23. The Labute approximate surface area is 115 Å². The smallest absolute Gasteiger partial charge is 0.217 e. The number of nitrogens with zero attached hydrogens (tertiary/aromatic N) is 1. The van der Waals surface area contributed by atoms with Crippen LogP contribution in [0, 0.1) is 0 Å². The first-order valence-electron chi connectivity index (χ1n) is 6.66. The lowest BCUT2D eigenvalue weighted by Gasteiger charge is -2.37. The Hall–Kier alpha value is -0.180. The first-order chi connectivity index (χ1) is 8.71. The molecular weight excluding hydrogens is 288 g/mol. The van der Waals surface area contributed by atoms with Crippen LogP contribution in [0.5, 0.6) is 0 Å². The molecule has 2 unspecified atom stereocenters. The monoisotopic (exact) mass is 310 g/mol. The van der Waals surface area contributed by atoms with E-state index in [-0.39, 0.29) is 36.4 Å². The second-order valence-corrected chi connectivity index (χ2v) is 10.2. The molecule has 0 aromatic heterocycles. The highest BCUT2D eigenvalue weighted by atomic mass is 32.2. The maximum Gasteiger partial charge on any atom is 0.217 e. The number of hydrogen-bond donors (Lipinski definition) is 1. The molecule has 0 amide bonds. The molecule has 0 radical (unpaired) electrons. The average molecular weight is 310 g/mol. The summed E-state index contributed by atoms with van der Waals surface area (Å²) in [5, 5.41) is 2.76. The van der Waals surface area contributed by atoms with E-state index in [0.29, 0.717) is 13.1 Å². The number of nitrogens with one attached hydrogen (secondary N) is 1. The van der Waals surface area contributed by atoms with Crippen LogP contribution in [0.1, 0.15) is 26.7 Å². The highest BCUT2D eigenvalue weighted by molar-refractivity contribution is 7.92. The molecule has 2 aliphatic heterocycles. The molecule has 2 heterocycles. The van der Waals surface area contributed by atoms with Crippen LogP contribution < -0.4 is 5.32 Å². The Morgan fingerprint density at radius 1 is 1.05 bits per heavy atom. The van der Waals surface area contributed by atoms with Gasteiger partial charge in [0.1, 0.15) is 9.84 Å². The van der Waals surface area contributed by atoms with Gasteiger partial charge in [-0.3, -0.25) is 0 Å². The second-order valence-electron chi connectivity index (χ2n) is 5.68. The van der Waals surface area contributed by atoms with Crippen molar-refractivity contribution < 1.29 is 16.8 Å². The van der Waals surface area contributed by atoms with Gasteiger partial charge in [-0.05, 0) is 26.7 Å². The van der Waals surface area contributed by atoms with Crippen molar-refractivity contribution in [3.8, 4) is 0 Å². The molecule has 0 bridgehead atoms. The van der Waals surface area contributed by atoms with Gasteiger partial charge in [-0.1, -0.05) is 0 Å².